The van der Waals surface area contributed by atoms with Crippen LogP contribution < -0.4 is 0 Å². The molecule has 0 aliphatic heterocycles. The zero-order chi connectivity index (χ0) is 8.84. The third kappa shape index (κ3) is 0.685. The number of benzene rings is 1. The van der Waals surface area contributed by atoms with Crippen LogP contribution in [0.3, 0.4) is 0 Å². The molecule has 0 amide bonds. The molecule has 3 rings (SSSR count). The van der Waals surface area contributed by atoms with Crippen molar-refractivity contribution in [2.75, 3.05) is 0 Å². The van der Waals surface area contributed by atoms with Crippen LogP contribution in [0.4, 0.5) is 0 Å². The predicted molar refractivity (Wildman–Crippen MR) is 50.9 cm³/mol. The number of aromatic nitrogens is 2. The summed E-state index contributed by atoms with van der Waals surface area (Å²) in [4.78, 5) is 3.09. The Morgan fingerprint density at radius 1 is 1.15 bits per heavy atom. The summed E-state index contributed by atoms with van der Waals surface area (Å²) in [5, 5.41) is 11.7. The zero-order valence-corrected chi connectivity index (χ0v) is 6.86. The van der Waals surface area contributed by atoms with E-state index in [0.29, 0.717) is 5.88 Å². The fraction of sp³-hybridized carbons (Fsp3) is 0. The molecule has 64 valence electrons. The molecule has 3 nitrogen and oxygen atoms in total. The van der Waals surface area contributed by atoms with Crippen LogP contribution in [0.5, 0.6) is 5.88 Å². The van der Waals surface area contributed by atoms with Gasteiger partial charge >= 0.3 is 0 Å². The first-order chi connectivity index (χ1) is 6.38. The average molecular weight is 172 g/mol. The molecule has 0 bridgehead atoms. The normalized spacial score (nSPS) is 11.4. The molecule has 2 aromatic heterocycles. The molecule has 3 aromatic rings. The monoisotopic (exact) mass is 172 g/mol. The standard InChI is InChI=1S/C10H8N2O/c13-10-8-4-2-1-3-7(8)9-11-5-6-12(9)10/h1-6,11,13H. The highest BCUT2D eigenvalue weighted by Crippen LogP contribution is 2.29. The maximum absolute atomic E-state index is 9.78. The Labute approximate surface area is 74.2 Å². The lowest BCUT2D eigenvalue weighted by Gasteiger charge is -1.88. The average Bonchev–Trinajstić information content (AvgIpc) is 2.72. The molecule has 0 spiro atoms. The van der Waals surface area contributed by atoms with Crippen molar-refractivity contribution in [3.63, 3.8) is 0 Å². The molecule has 0 aliphatic rings. The first-order valence-corrected chi connectivity index (χ1v) is 4.13. The Bertz CT molecular complexity index is 577. The summed E-state index contributed by atoms with van der Waals surface area (Å²) in [5.41, 5.74) is 0.938. The van der Waals surface area contributed by atoms with Crippen LogP contribution in [-0.4, -0.2) is 14.5 Å². The zero-order valence-electron chi connectivity index (χ0n) is 6.86. The van der Waals surface area contributed by atoms with E-state index in [9.17, 15) is 5.11 Å². The first-order valence-electron chi connectivity index (χ1n) is 4.13. The third-order valence-corrected chi connectivity index (χ3v) is 2.34. The van der Waals surface area contributed by atoms with Gasteiger partial charge in [-0.05, 0) is 6.07 Å². The number of hydrogen-bond donors (Lipinski definition) is 2. The molecule has 0 saturated carbocycles. The van der Waals surface area contributed by atoms with Crippen molar-refractivity contribution in [2.45, 2.75) is 0 Å². The van der Waals surface area contributed by atoms with E-state index in [1.165, 1.54) is 0 Å². The molecule has 0 unspecified atom stereocenters. The fourth-order valence-electron chi connectivity index (χ4n) is 1.73. The number of aromatic hydroxyl groups is 1. The van der Waals surface area contributed by atoms with E-state index >= 15 is 0 Å². The van der Waals surface area contributed by atoms with Crippen LogP contribution in [0.25, 0.3) is 16.4 Å². The fourth-order valence-corrected chi connectivity index (χ4v) is 1.73. The number of nitrogens with zero attached hydrogens (tertiary/aromatic N) is 1. The van der Waals surface area contributed by atoms with Gasteiger partial charge in [0.2, 0.25) is 5.88 Å². The van der Waals surface area contributed by atoms with Crippen molar-refractivity contribution in [2.24, 2.45) is 0 Å². The van der Waals surface area contributed by atoms with Gasteiger partial charge in [-0.25, -0.2) is 0 Å². The summed E-state index contributed by atoms with van der Waals surface area (Å²) >= 11 is 0. The van der Waals surface area contributed by atoms with Crippen molar-refractivity contribution in [1.82, 2.24) is 9.38 Å². The number of nitrogens with one attached hydrogen (secondary N) is 1. The van der Waals surface area contributed by atoms with Crippen LogP contribution in [0.1, 0.15) is 0 Å². The highest BCUT2D eigenvalue weighted by molar-refractivity contribution is 5.99. The van der Waals surface area contributed by atoms with Crippen molar-refractivity contribution in [1.29, 1.82) is 0 Å². The number of imidazole rings is 1. The van der Waals surface area contributed by atoms with Crippen molar-refractivity contribution in [3.05, 3.63) is 36.7 Å². The number of rotatable bonds is 0. The van der Waals surface area contributed by atoms with Crippen LogP contribution >= 0.6 is 0 Å². The van der Waals surface area contributed by atoms with Crippen LogP contribution in [0.15, 0.2) is 36.7 Å². The van der Waals surface area contributed by atoms with Gasteiger partial charge in [0.25, 0.3) is 0 Å². The number of hydrogen-bond acceptors (Lipinski definition) is 1. The minimum absolute atomic E-state index is 0.298. The Hall–Kier alpha value is -1.90. The molecule has 0 aliphatic carbocycles. The number of H-pyrrole nitrogens is 1. The number of fused-ring (bicyclic) bond motifs is 3. The Balaban J connectivity index is 2.72. The van der Waals surface area contributed by atoms with Gasteiger partial charge in [0.05, 0.1) is 0 Å². The summed E-state index contributed by atoms with van der Waals surface area (Å²) in [5.74, 6) is 0.298. The molecule has 0 atom stereocenters. The van der Waals surface area contributed by atoms with E-state index in [1.54, 1.807) is 4.40 Å². The summed E-state index contributed by atoms with van der Waals surface area (Å²) in [7, 11) is 0. The van der Waals surface area contributed by atoms with Crippen molar-refractivity contribution < 1.29 is 5.11 Å². The van der Waals surface area contributed by atoms with Crippen molar-refractivity contribution >= 4 is 16.4 Å². The van der Waals surface area contributed by atoms with E-state index < -0.39 is 0 Å². The molecule has 3 heteroatoms. The maximum Gasteiger partial charge on any atom is 0.205 e. The van der Waals surface area contributed by atoms with Gasteiger partial charge < -0.3 is 10.1 Å². The van der Waals surface area contributed by atoms with E-state index in [0.717, 1.165) is 16.4 Å². The molecule has 0 radical (unpaired) electrons. The van der Waals surface area contributed by atoms with Crippen LogP contribution in [0.2, 0.25) is 0 Å². The van der Waals surface area contributed by atoms with Crippen molar-refractivity contribution in [3.8, 4) is 5.88 Å². The van der Waals surface area contributed by atoms with Crippen LogP contribution in [0, 0.1) is 0 Å². The van der Waals surface area contributed by atoms with Gasteiger partial charge in [0, 0.05) is 23.2 Å². The second-order valence-corrected chi connectivity index (χ2v) is 3.05. The van der Waals surface area contributed by atoms with Crippen LogP contribution in [-0.2, 0) is 0 Å². The van der Waals surface area contributed by atoms with Gasteiger partial charge in [-0.3, -0.25) is 4.40 Å². The van der Waals surface area contributed by atoms with E-state index in [4.69, 9.17) is 0 Å². The molecular weight excluding hydrogens is 164 g/mol. The lowest BCUT2D eigenvalue weighted by molar-refractivity contribution is 0.455. The minimum Gasteiger partial charge on any atom is -0.494 e. The Morgan fingerprint density at radius 3 is 2.77 bits per heavy atom. The molecular formula is C10H8N2O. The quantitative estimate of drug-likeness (QED) is 0.535. The Kier molecular flexibility index (Phi) is 1.05. The van der Waals surface area contributed by atoms with Gasteiger partial charge in [-0.1, -0.05) is 18.2 Å². The van der Waals surface area contributed by atoms with Gasteiger partial charge in [-0.2, -0.15) is 0 Å². The molecule has 2 N–H and O–H groups in total. The third-order valence-electron chi connectivity index (χ3n) is 2.34. The van der Waals surface area contributed by atoms with E-state index in [-0.39, 0.29) is 0 Å². The smallest absolute Gasteiger partial charge is 0.205 e. The predicted octanol–water partition coefficient (Wildman–Crippen LogP) is 2.13. The molecule has 0 saturated heterocycles. The summed E-state index contributed by atoms with van der Waals surface area (Å²) in [6.07, 6.45) is 3.62. The molecule has 0 fully saturated rings. The van der Waals surface area contributed by atoms with Gasteiger partial charge in [0.15, 0.2) is 0 Å². The SMILES string of the molecule is Oc1c2ccccc2c2[nH]ccn12. The lowest BCUT2D eigenvalue weighted by Crippen LogP contribution is -1.72. The first kappa shape index (κ1) is 6.60. The highest BCUT2D eigenvalue weighted by Gasteiger charge is 2.09. The summed E-state index contributed by atoms with van der Waals surface area (Å²) < 4.78 is 1.74. The summed E-state index contributed by atoms with van der Waals surface area (Å²) in [6.45, 7) is 0. The maximum atomic E-state index is 9.78. The topological polar surface area (TPSA) is 40.4 Å². The minimum atomic E-state index is 0.298. The van der Waals surface area contributed by atoms with E-state index in [1.807, 2.05) is 36.7 Å². The Morgan fingerprint density at radius 2 is 1.92 bits per heavy atom. The highest BCUT2D eigenvalue weighted by atomic mass is 16.3. The molecule has 1 aromatic carbocycles. The van der Waals surface area contributed by atoms with Gasteiger partial charge in [0.1, 0.15) is 5.65 Å². The second-order valence-electron chi connectivity index (χ2n) is 3.05. The molecule has 2 heterocycles. The second kappa shape index (κ2) is 2.07. The van der Waals surface area contributed by atoms with E-state index in [2.05, 4.69) is 4.98 Å². The largest absolute Gasteiger partial charge is 0.494 e. The number of aromatic amines is 1. The molecule has 13 heavy (non-hydrogen) atoms. The summed E-state index contributed by atoms with van der Waals surface area (Å²) in [6, 6.07) is 7.77. The lowest BCUT2D eigenvalue weighted by atomic mass is 10.2. The van der Waals surface area contributed by atoms with Gasteiger partial charge in [-0.15, -0.1) is 0 Å².